The maximum absolute atomic E-state index is 14.1. The lowest BCUT2D eigenvalue weighted by Gasteiger charge is -2.25. The van der Waals surface area contributed by atoms with Gasteiger partial charge in [-0.25, -0.2) is 14.6 Å². The van der Waals surface area contributed by atoms with Crippen molar-refractivity contribution in [2.75, 3.05) is 39.6 Å². The molecule has 0 radical (unpaired) electrons. The minimum Gasteiger partial charge on any atom is -0.490 e. The van der Waals surface area contributed by atoms with Crippen molar-refractivity contribution in [2.24, 2.45) is 4.99 Å². The van der Waals surface area contributed by atoms with Crippen LogP contribution >= 0.6 is 11.3 Å². The van der Waals surface area contributed by atoms with Crippen molar-refractivity contribution >= 4 is 29.4 Å². The first-order valence-electron chi connectivity index (χ1n) is 15.0. The minimum atomic E-state index is -0.831. The summed E-state index contributed by atoms with van der Waals surface area (Å²) in [4.78, 5) is 44.3. The average Bonchev–Trinajstić information content (AvgIpc) is 3.33. The smallest absolute Gasteiger partial charge is 0.344 e. The SMILES string of the molecule is C=CCOc1ccc([C@H]2C(C(=O)OCC)=C(C)N=c3s/c(=C\c4ccc(OCC(=O)OCC)c(OCC)c4)c(=O)n32)cc1OCC. The molecule has 0 N–H and O–H groups in total. The first-order chi connectivity index (χ1) is 22.3. The lowest BCUT2D eigenvalue weighted by atomic mass is 9.95. The molecule has 0 saturated carbocycles. The molecule has 0 spiro atoms. The minimum absolute atomic E-state index is 0.160. The average molecular weight is 651 g/mol. The molecule has 0 unspecified atom stereocenters. The Morgan fingerprint density at radius 2 is 1.57 bits per heavy atom. The van der Waals surface area contributed by atoms with E-state index >= 15 is 0 Å². The molecule has 2 aromatic carbocycles. The number of aromatic nitrogens is 1. The lowest BCUT2D eigenvalue weighted by Crippen LogP contribution is -2.40. The van der Waals surface area contributed by atoms with Crippen LogP contribution in [0.4, 0.5) is 0 Å². The van der Waals surface area contributed by atoms with Gasteiger partial charge in [-0.2, -0.15) is 0 Å². The molecule has 1 atom stereocenters. The Kier molecular flexibility index (Phi) is 11.8. The fourth-order valence-electron chi connectivity index (χ4n) is 4.83. The topological polar surface area (TPSA) is 124 Å². The maximum atomic E-state index is 14.1. The first kappa shape index (κ1) is 34.0. The van der Waals surface area contributed by atoms with Crippen LogP contribution < -0.4 is 33.8 Å². The Bertz CT molecular complexity index is 1810. The quantitative estimate of drug-likeness (QED) is 0.177. The van der Waals surface area contributed by atoms with Crippen LogP contribution in [0.5, 0.6) is 23.0 Å². The molecule has 1 aliphatic heterocycles. The highest BCUT2D eigenvalue weighted by molar-refractivity contribution is 7.07. The van der Waals surface area contributed by atoms with E-state index in [2.05, 4.69) is 11.6 Å². The molecule has 2 heterocycles. The van der Waals surface area contributed by atoms with Gasteiger partial charge in [0.2, 0.25) is 0 Å². The van der Waals surface area contributed by atoms with Crippen molar-refractivity contribution in [3.63, 3.8) is 0 Å². The number of esters is 2. The Hall–Kier alpha value is -4.84. The Morgan fingerprint density at radius 1 is 0.891 bits per heavy atom. The van der Waals surface area contributed by atoms with E-state index in [4.69, 9.17) is 28.4 Å². The molecule has 0 amide bonds. The van der Waals surface area contributed by atoms with E-state index in [-0.39, 0.29) is 37.6 Å². The number of ether oxygens (including phenoxy) is 6. The van der Waals surface area contributed by atoms with Crippen LogP contribution in [-0.4, -0.2) is 56.1 Å². The third-order valence-corrected chi connectivity index (χ3v) is 7.66. The molecule has 244 valence electrons. The van der Waals surface area contributed by atoms with Crippen molar-refractivity contribution in [3.8, 4) is 23.0 Å². The first-order valence-corrected chi connectivity index (χ1v) is 15.8. The highest BCUT2D eigenvalue weighted by Gasteiger charge is 2.34. The van der Waals surface area contributed by atoms with E-state index in [0.29, 0.717) is 62.4 Å². The van der Waals surface area contributed by atoms with Gasteiger partial charge >= 0.3 is 11.9 Å². The molecular weight excluding hydrogens is 612 g/mol. The number of carbonyl (C=O) groups excluding carboxylic acids is 2. The molecular formula is C34H38N2O9S. The van der Waals surface area contributed by atoms with Gasteiger partial charge in [0, 0.05) is 0 Å². The van der Waals surface area contributed by atoms with Crippen LogP contribution in [0.25, 0.3) is 6.08 Å². The van der Waals surface area contributed by atoms with E-state index < -0.39 is 18.0 Å². The van der Waals surface area contributed by atoms with E-state index in [1.165, 1.54) is 15.9 Å². The van der Waals surface area contributed by atoms with Crippen LogP contribution in [0.1, 0.15) is 51.8 Å². The molecule has 1 aromatic heterocycles. The van der Waals surface area contributed by atoms with E-state index in [9.17, 15) is 14.4 Å². The zero-order chi connectivity index (χ0) is 33.2. The summed E-state index contributed by atoms with van der Waals surface area (Å²) in [6.07, 6.45) is 3.35. The van der Waals surface area contributed by atoms with Gasteiger partial charge in [0.1, 0.15) is 6.61 Å². The molecule has 46 heavy (non-hydrogen) atoms. The third kappa shape index (κ3) is 7.68. The fraction of sp³-hybridized carbons (Fsp3) is 0.353. The highest BCUT2D eigenvalue weighted by Crippen LogP contribution is 2.36. The summed E-state index contributed by atoms with van der Waals surface area (Å²) >= 11 is 1.20. The number of rotatable bonds is 15. The van der Waals surface area contributed by atoms with E-state index in [1.54, 1.807) is 69.3 Å². The molecule has 12 heteroatoms. The van der Waals surface area contributed by atoms with E-state index in [0.717, 1.165) is 0 Å². The molecule has 0 bridgehead atoms. The normalized spacial score (nSPS) is 14.2. The summed E-state index contributed by atoms with van der Waals surface area (Å²) in [5.41, 5.74) is 1.65. The Morgan fingerprint density at radius 3 is 2.24 bits per heavy atom. The fourth-order valence-corrected chi connectivity index (χ4v) is 5.88. The summed E-state index contributed by atoms with van der Waals surface area (Å²) in [6.45, 7) is 13.7. The van der Waals surface area contributed by atoms with Gasteiger partial charge in [-0.15, -0.1) is 0 Å². The summed E-state index contributed by atoms with van der Waals surface area (Å²) < 4.78 is 35.3. The largest absolute Gasteiger partial charge is 0.490 e. The lowest BCUT2D eigenvalue weighted by molar-refractivity contribution is -0.145. The van der Waals surface area contributed by atoms with E-state index in [1.807, 2.05) is 13.8 Å². The summed E-state index contributed by atoms with van der Waals surface area (Å²) in [6, 6.07) is 9.64. The second kappa shape index (κ2) is 15.9. The predicted molar refractivity (Wildman–Crippen MR) is 173 cm³/mol. The number of hydrogen-bond acceptors (Lipinski definition) is 11. The van der Waals surface area contributed by atoms with Crippen molar-refractivity contribution < 1.29 is 38.0 Å². The van der Waals surface area contributed by atoms with Crippen LogP contribution in [0.2, 0.25) is 0 Å². The zero-order valence-electron chi connectivity index (χ0n) is 26.6. The van der Waals surface area contributed by atoms with Gasteiger partial charge in [0.15, 0.2) is 34.4 Å². The van der Waals surface area contributed by atoms with Gasteiger partial charge < -0.3 is 28.4 Å². The Balaban J connectivity index is 1.83. The van der Waals surface area contributed by atoms with Crippen LogP contribution in [0, 0.1) is 0 Å². The van der Waals surface area contributed by atoms with Gasteiger partial charge in [-0.05, 0) is 76.1 Å². The number of allylic oxidation sites excluding steroid dienone is 1. The Labute approximate surface area is 271 Å². The summed E-state index contributed by atoms with van der Waals surface area (Å²) in [5.74, 6) is 0.705. The number of nitrogens with zero attached hydrogens (tertiary/aromatic N) is 2. The van der Waals surface area contributed by atoms with Gasteiger partial charge in [-0.3, -0.25) is 9.36 Å². The zero-order valence-corrected chi connectivity index (χ0v) is 27.4. The van der Waals surface area contributed by atoms with Gasteiger partial charge in [0.25, 0.3) is 5.56 Å². The van der Waals surface area contributed by atoms with Crippen LogP contribution in [-0.2, 0) is 19.1 Å². The number of carbonyl (C=O) groups is 2. The van der Waals surface area contributed by atoms with Crippen LogP contribution in [0.15, 0.2) is 70.1 Å². The second-order valence-corrected chi connectivity index (χ2v) is 10.8. The summed E-state index contributed by atoms with van der Waals surface area (Å²) in [5, 5.41) is 0. The van der Waals surface area contributed by atoms with Crippen molar-refractivity contribution in [3.05, 3.63) is 91.1 Å². The van der Waals surface area contributed by atoms with Crippen molar-refractivity contribution in [2.45, 2.75) is 40.7 Å². The molecule has 3 aromatic rings. The monoisotopic (exact) mass is 650 g/mol. The molecule has 0 fully saturated rings. The second-order valence-electron chi connectivity index (χ2n) is 9.77. The summed E-state index contributed by atoms with van der Waals surface area (Å²) in [7, 11) is 0. The third-order valence-electron chi connectivity index (χ3n) is 6.67. The number of benzene rings is 2. The molecule has 1 aliphatic rings. The van der Waals surface area contributed by atoms with Crippen LogP contribution in [0.3, 0.4) is 0 Å². The van der Waals surface area contributed by atoms with Crippen molar-refractivity contribution in [1.82, 2.24) is 4.57 Å². The molecule has 0 aliphatic carbocycles. The predicted octanol–water partition coefficient (Wildman–Crippen LogP) is 4.10. The molecule has 0 saturated heterocycles. The maximum Gasteiger partial charge on any atom is 0.344 e. The molecule has 4 rings (SSSR count). The van der Waals surface area contributed by atoms with Gasteiger partial charge in [-0.1, -0.05) is 36.1 Å². The van der Waals surface area contributed by atoms with Gasteiger partial charge in [0.05, 0.1) is 48.3 Å². The standard InChI is InChI=1S/C34H38N2O9S/c1-7-16-44-24-15-13-23(19-27(24)41-9-3)31-30(33(39)43-11-5)21(6)35-34-36(31)32(38)28(46-34)18-22-12-14-25(26(17-22)40-8-2)45-20-29(37)42-10-4/h7,12-15,17-19,31H,1,8-11,16,20H2,2-6H3/b28-18-/t31-/m0/s1. The number of fused-ring (bicyclic) bond motifs is 1. The van der Waals surface area contributed by atoms with Crippen molar-refractivity contribution in [1.29, 1.82) is 0 Å². The highest BCUT2D eigenvalue weighted by atomic mass is 32.1. The number of hydrogen-bond donors (Lipinski definition) is 0. The number of thiazole rings is 1. The molecule has 11 nitrogen and oxygen atoms in total.